The van der Waals surface area contributed by atoms with Crippen LogP contribution in [-0.4, -0.2) is 23.3 Å². The van der Waals surface area contributed by atoms with E-state index in [1.165, 1.54) is 31.8 Å². The van der Waals surface area contributed by atoms with Crippen LogP contribution in [0.15, 0.2) is 35.7 Å². The van der Waals surface area contributed by atoms with Gasteiger partial charge in [-0.1, -0.05) is 17.3 Å². The van der Waals surface area contributed by atoms with Crippen molar-refractivity contribution in [2.24, 2.45) is 5.16 Å². The molecule has 0 amide bonds. The van der Waals surface area contributed by atoms with Crippen LogP contribution in [0.5, 0.6) is 5.88 Å². The molecule has 0 fully saturated rings. The molecule has 0 aliphatic heterocycles. The van der Waals surface area contributed by atoms with Gasteiger partial charge in [-0.25, -0.2) is 14.4 Å². The van der Waals surface area contributed by atoms with E-state index in [0.717, 1.165) is 0 Å². The van der Waals surface area contributed by atoms with Crippen molar-refractivity contribution in [3.05, 3.63) is 47.5 Å². The third kappa shape index (κ3) is 3.41. The second kappa shape index (κ2) is 6.46. The van der Waals surface area contributed by atoms with E-state index < -0.39 is 0 Å². The summed E-state index contributed by atoms with van der Waals surface area (Å²) < 4.78 is 18.6. The molecule has 0 atom stereocenters. The number of nitrogens with two attached hydrogens (primary N) is 1. The second-order valence-electron chi connectivity index (χ2n) is 3.81. The van der Waals surface area contributed by atoms with Crippen LogP contribution in [0.4, 0.5) is 10.2 Å². The number of aromatic nitrogens is 2. The summed E-state index contributed by atoms with van der Waals surface area (Å²) in [5.74, 6) is 0.145. The maximum absolute atomic E-state index is 13.1. The summed E-state index contributed by atoms with van der Waals surface area (Å²) in [4.78, 5) is 12.4. The third-order valence-electron chi connectivity index (χ3n) is 2.43. The number of rotatable bonds is 5. The van der Waals surface area contributed by atoms with Crippen molar-refractivity contribution in [3.63, 3.8) is 0 Å². The molecule has 0 radical (unpaired) electrons. The Bertz CT molecular complexity index is 619. The van der Waals surface area contributed by atoms with Crippen LogP contribution in [0.25, 0.3) is 0 Å². The molecule has 7 heteroatoms. The van der Waals surface area contributed by atoms with Gasteiger partial charge in [0.05, 0.1) is 6.21 Å². The normalized spacial score (nSPS) is 10.7. The van der Waals surface area contributed by atoms with Gasteiger partial charge in [-0.05, 0) is 17.7 Å². The minimum absolute atomic E-state index is 0.155. The lowest BCUT2D eigenvalue weighted by molar-refractivity contribution is 0.215. The van der Waals surface area contributed by atoms with Gasteiger partial charge in [-0.15, -0.1) is 0 Å². The molecule has 20 heavy (non-hydrogen) atoms. The van der Waals surface area contributed by atoms with Crippen molar-refractivity contribution in [1.82, 2.24) is 9.97 Å². The van der Waals surface area contributed by atoms with Crippen molar-refractivity contribution >= 4 is 12.0 Å². The Balaban J connectivity index is 2.17. The van der Waals surface area contributed by atoms with Gasteiger partial charge in [-0.2, -0.15) is 0 Å². The zero-order chi connectivity index (χ0) is 14.4. The molecule has 0 spiro atoms. The lowest BCUT2D eigenvalue weighted by Gasteiger charge is -2.08. The van der Waals surface area contributed by atoms with Gasteiger partial charge in [0.15, 0.2) is 0 Å². The maximum Gasteiger partial charge on any atom is 0.228 e. The number of ether oxygens (including phenoxy) is 1. The zero-order valence-corrected chi connectivity index (χ0v) is 10.8. The van der Waals surface area contributed by atoms with Crippen LogP contribution in [-0.2, 0) is 11.4 Å². The van der Waals surface area contributed by atoms with Crippen LogP contribution in [0.3, 0.4) is 0 Å². The maximum atomic E-state index is 13.1. The van der Waals surface area contributed by atoms with Crippen LogP contribution in [0, 0.1) is 5.82 Å². The standard InChI is InChI=1S/C13H13FN4O2/c1-19-18-6-11-12(15)16-8-17-13(11)20-7-9-3-2-4-10(14)5-9/h2-6,8H,7H2,1H3,(H2,15,16,17)/b18-6+. The van der Waals surface area contributed by atoms with Gasteiger partial charge in [0.25, 0.3) is 0 Å². The number of nitrogens with zero attached hydrogens (tertiary/aromatic N) is 3. The highest BCUT2D eigenvalue weighted by Gasteiger charge is 2.09. The molecule has 6 nitrogen and oxygen atoms in total. The highest BCUT2D eigenvalue weighted by molar-refractivity contribution is 5.87. The first kappa shape index (κ1) is 13.7. The fraction of sp³-hybridized carbons (Fsp3) is 0.154. The molecule has 1 aromatic carbocycles. The summed E-state index contributed by atoms with van der Waals surface area (Å²) in [5, 5.41) is 3.61. The number of benzene rings is 1. The Hall–Kier alpha value is -2.70. The SMILES string of the molecule is CO/N=C/c1c(N)ncnc1OCc1cccc(F)c1. The molecule has 2 N–H and O–H groups in total. The lowest BCUT2D eigenvalue weighted by Crippen LogP contribution is -2.05. The summed E-state index contributed by atoms with van der Waals surface area (Å²) in [5.41, 5.74) is 6.80. The van der Waals surface area contributed by atoms with Crippen LogP contribution < -0.4 is 10.5 Å². The van der Waals surface area contributed by atoms with E-state index in [0.29, 0.717) is 11.1 Å². The Morgan fingerprint density at radius 1 is 1.40 bits per heavy atom. The fourth-order valence-electron chi connectivity index (χ4n) is 1.51. The van der Waals surface area contributed by atoms with Gasteiger partial charge in [0.2, 0.25) is 5.88 Å². The summed E-state index contributed by atoms with van der Waals surface area (Å²) >= 11 is 0. The van der Waals surface area contributed by atoms with E-state index >= 15 is 0 Å². The van der Waals surface area contributed by atoms with Crippen molar-refractivity contribution in [2.75, 3.05) is 12.8 Å². The average molecular weight is 276 g/mol. The van der Waals surface area contributed by atoms with Gasteiger partial charge in [0, 0.05) is 0 Å². The highest BCUT2D eigenvalue weighted by Crippen LogP contribution is 2.18. The third-order valence-corrected chi connectivity index (χ3v) is 2.43. The van der Waals surface area contributed by atoms with E-state index in [1.54, 1.807) is 12.1 Å². The smallest absolute Gasteiger partial charge is 0.228 e. The molecule has 1 heterocycles. The van der Waals surface area contributed by atoms with E-state index in [4.69, 9.17) is 10.5 Å². The average Bonchev–Trinajstić information content (AvgIpc) is 2.44. The fourth-order valence-corrected chi connectivity index (χ4v) is 1.51. The van der Waals surface area contributed by atoms with Crippen LogP contribution >= 0.6 is 0 Å². The van der Waals surface area contributed by atoms with E-state index in [2.05, 4.69) is 20.0 Å². The first-order chi connectivity index (χ1) is 9.70. The Morgan fingerprint density at radius 3 is 3.00 bits per heavy atom. The van der Waals surface area contributed by atoms with Crippen molar-refractivity contribution < 1.29 is 14.0 Å². The highest BCUT2D eigenvalue weighted by atomic mass is 19.1. The molecule has 2 rings (SSSR count). The van der Waals surface area contributed by atoms with Crippen LogP contribution in [0.1, 0.15) is 11.1 Å². The molecule has 0 aliphatic carbocycles. The minimum atomic E-state index is -0.325. The summed E-state index contributed by atoms with van der Waals surface area (Å²) in [6.07, 6.45) is 2.64. The number of halogens is 1. The summed E-state index contributed by atoms with van der Waals surface area (Å²) in [6, 6.07) is 6.10. The predicted molar refractivity (Wildman–Crippen MR) is 71.8 cm³/mol. The van der Waals surface area contributed by atoms with E-state index in [-0.39, 0.29) is 24.1 Å². The number of hydrogen-bond donors (Lipinski definition) is 1. The first-order valence-corrected chi connectivity index (χ1v) is 5.75. The molecule has 1 aromatic heterocycles. The Morgan fingerprint density at radius 2 is 2.25 bits per heavy atom. The minimum Gasteiger partial charge on any atom is -0.472 e. The monoisotopic (exact) mass is 276 g/mol. The summed E-state index contributed by atoms with van der Waals surface area (Å²) in [6.45, 7) is 0.155. The van der Waals surface area contributed by atoms with Crippen molar-refractivity contribution in [1.29, 1.82) is 0 Å². The molecular formula is C13H13FN4O2. The molecule has 0 bridgehead atoms. The Labute approximate surface area is 115 Å². The molecule has 0 unspecified atom stereocenters. The largest absolute Gasteiger partial charge is 0.472 e. The van der Waals surface area contributed by atoms with Crippen molar-refractivity contribution in [2.45, 2.75) is 6.61 Å². The molecule has 0 saturated heterocycles. The number of oxime groups is 1. The Kier molecular flexibility index (Phi) is 4.43. The molecule has 0 saturated carbocycles. The van der Waals surface area contributed by atoms with Gasteiger partial charge < -0.3 is 15.3 Å². The van der Waals surface area contributed by atoms with Gasteiger partial charge in [-0.3, -0.25) is 0 Å². The number of hydrogen-bond acceptors (Lipinski definition) is 6. The van der Waals surface area contributed by atoms with E-state index in [9.17, 15) is 4.39 Å². The number of nitrogen functional groups attached to an aromatic ring is 1. The quantitative estimate of drug-likeness (QED) is 0.664. The zero-order valence-electron chi connectivity index (χ0n) is 10.8. The predicted octanol–water partition coefficient (Wildman–Crippen LogP) is 1.76. The topological polar surface area (TPSA) is 82.6 Å². The molecule has 2 aromatic rings. The summed E-state index contributed by atoms with van der Waals surface area (Å²) in [7, 11) is 1.41. The molecule has 104 valence electrons. The molecular weight excluding hydrogens is 263 g/mol. The van der Waals surface area contributed by atoms with E-state index in [1.807, 2.05) is 0 Å². The lowest BCUT2D eigenvalue weighted by atomic mass is 10.2. The van der Waals surface area contributed by atoms with Crippen molar-refractivity contribution in [3.8, 4) is 5.88 Å². The number of anilines is 1. The second-order valence-corrected chi connectivity index (χ2v) is 3.81. The first-order valence-electron chi connectivity index (χ1n) is 5.75. The molecule has 0 aliphatic rings. The van der Waals surface area contributed by atoms with Gasteiger partial charge >= 0.3 is 0 Å². The van der Waals surface area contributed by atoms with Crippen LogP contribution in [0.2, 0.25) is 0 Å². The van der Waals surface area contributed by atoms with Gasteiger partial charge in [0.1, 0.15) is 37.2 Å².